The van der Waals surface area contributed by atoms with E-state index in [0.29, 0.717) is 11.3 Å². The summed E-state index contributed by atoms with van der Waals surface area (Å²) in [7, 11) is 0. The molecule has 1 aromatic carbocycles. The zero-order valence-electron chi connectivity index (χ0n) is 14.0. The fourth-order valence-electron chi connectivity index (χ4n) is 2.94. The Bertz CT molecular complexity index is 1120. The van der Waals surface area contributed by atoms with E-state index in [1.807, 2.05) is 0 Å². The van der Waals surface area contributed by atoms with Crippen LogP contribution in [0.15, 0.2) is 59.3 Å². The van der Waals surface area contributed by atoms with Crippen LogP contribution < -0.4 is 0 Å². The highest BCUT2D eigenvalue weighted by Gasteiger charge is 2.35. The molecule has 0 aliphatic rings. The van der Waals surface area contributed by atoms with E-state index < -0.39 is 11.7 Å². The van der Waals surface area contributed by atoms with E-state index in [4.69, 9.17) is 0 Å². The predicted octanol–water partition coefficient (Wildman–Crippen LogP) is 5.57. The van der Waals surface area contributed by atoms with Crippen molar-refractivity contribution in [2.75, 3.05) is 0 Å². The van der Waals surface area contributed by atoms with Gasteiger partial charge in [-0.05, 0) is 49.4 Å². The molecule has 3 heterocycles. The SMILES string of the molecule is Cc1nn(-c2ccc(Br)cc2)c2nc(-c3cccnc3)cc(C(F)(F)F)c12. The van der Waals surface area contributed by atoms with Crippen molar-refractivity contribution in [2.24, 2.45) is 0 Å². The van der Waals surface area contributed by atoms with Crippen LogP contribution in [0.1, 0.15) is 11.3 Å². The summed E-state index contributed by atoms with van der Waals surface area (Å²) in [6.45, 7) is 1.55. The van der Waals surface area contributed by atoms with Crippen LogP contribution in [0.4, 0.5) is 13.2 Å². The van der Waals surface area contributed by atoms with E-state index in [0.717, 1.165) is 10.5 Å². The zero-order chi connectivity index (χ0) is 19.2. The van der Waals surface area contributed by atoms with E-state index >= 15 is 0 Å². The van der Waals surface area contributed by atoms with E-state index in [2.05, 4.69) is 31.0 Å². The summed E-state index contributed by atoms with van der Waals surface area (Å²) in [4.78, 5) is 8.47. The molecule has 27 heavy (non-hydrogen) atoms. The van der Waals surface area contributed by atoms with Gasteiger partial charge in [0.25, 0.3) is 0 Å². The van der Waals surface area contributed by atoms with Crippen molar-refractivity contribution in [1.29, 1.82) is 0 Å². The Kier molecular flexibility index (Phi) is 4.22. The molecule has 0 fully saturated rings. The minimum absolute atomic E-state index is 0.00180. The number of aryl methyl sites for hydroxylation is 1. The molecule has 0 saturated carbocycles. The van der Waals surface area contributed by atoms with Crippen LogP contribution in [0.25, 0.3) is 28.0 Å². The van der Waals surface area contributed by atoms with Gasteiger partial charge in [0.1, 0.15) is 0 Å². The maximum Gasteiger partial charge on any atom is 0.417 e. The number of aromatic nitrogens is 4. The summed E-state index contributed by atoms with van der Waals surface area (Å²) in [5.74, 6) is 0. The lowest BCUT2D eigenvalue weighted by Crippen LogP contribution is -2.08. The third-order valence-corrected chi connectivity index (χ3v) is 4.68. The van der Waals surface area contributed by atoms with Crippen LogP contribution in [0.3, 0.4) is 0 Å². The Morgan fingerprint density at radius 1 is 1.07 bits per heavy atom. The molecule has 0 spiro atoms. The predicted molar refractivity (Wildman–Crippen MR) is 99.5 cm³/mol. The molecule has 0 unspecified atom stereocenters. The van der Waals surface area contributed by atoms with Crippen molar-refractivity contribution < 1.29 is 13.2 Å². The van der Waals surface area contributed by atoms with Gasteiger partial charge in [0.2, 0.25) is 0 Å². The Balaban J connectivity index is 2.06. The molecule has 136 valence electrons. The van der Waals surface area contributed by atoms with Crippen LogP contribution in [0.2, 0.25) is 0 Å². The minimum Gasteiger partial charge on any atom is -0.264 e. The highest BCUT2D eigenvalue weighted by Crippen LogP contribution is 2.38. The van der Waals surface area contributed by atoms with Gasteiger partial charge in [-0.2, -0.15) is 18.3 Å². The van der Waals surface area contributed by atoms with E-state index in [1.54, 1.807) is 49.5 Å². The first-order valence-electron chi connectivity index (χ1n) is 7.98. The fourth-order valence-corrected chi connectivity index (χ4v) is 3.20. The molecule has 4 nitrogen and oxygen atoms in total. The monoisotopic (exact) mass is 432 g/mol. The molecule has 0 amide bonds. The summed E-state index contributed by atoms with van der Waals surface area (Å²) in [6, 6.07) is 11.5. The number of pyridine rings is 2. The van der Waals surface area contributed by atoms with Gasteiger partial charge in [0, 0.05) is 22.4 Å². The van der Waals surface area contributed by atoms with Crippen molar-refractivity contribution in [2.45, 2.75) is 13.1 Å². The second-order valence-corrected chi connectivity index (χ2v) is 6.88. The summed E-state index contributed by atoms with van der Waals surface area (Å²) < 4.78 is 43.6. The Labute approximate surface area is 160 Å². The average molecular weight is 433 g/mol. The number of hydrogen-bond acceptors (Lipinski definition) is 3. The number of halogens is 4. The first-order valence-corrected chi connectivity index (χ1v) is 8.78. The normalized spacial score (nSPS) is 11.9. The van der Waals surface area contributed by atoms with Gasteiger partial charge in [-0.1, -0.05) is 15.9 Å². The Morgan fingerprint density at radius 3 is 2.44 bits per heavy atom. The molecule has 4 rings (SSSR count). The lowest BCUT2D eigenvalue weighted by molar-refractivity contribution is -0.136. The molecule has 0 aliphatic carbocycles. The number of rotatable bonds is 2. The molecular weight excluding hydrogens is 421 g/mol. The lowest BCUT2D eigenvalue weighted by Gasteiger charge is -2.11. The van der Waals surface area contributed by atoms with Crippen molar-refractivity contribution in [1.82, 2.24) is 19.7 Å². The van der Waals surface area contributed by atoms with Gasteiger partial charge in [0.15, 0.2) is 5.65 Å². The number of fused-ring (bicyclic) bond motifs is 1. The summed E-state index contributed by atoms with van der Waals surface area (Å²) in [6.07, 6.45) is -1.49. The van der Waals surface area contributed by atoms with Crippen molar-refractivity contribution >= 4 is 27.0 Å². The minimum atomic E-state index is -4.53. The van der Waals surface area contributed by atoms with Gasteiger partial charge in [0.05, 0.1) is 28.0 Å². The standard InChI is InChI=1S/C19H12BrF3N4/c1-11-17-15(19(21,22)23)9-16(12-3-2-8-24-10-12)25-18(17)27(26-11)14-6-4-13(20)5-7-14/h2-10H,1H3. The molecule has 0 aliphatic heterocycles. The number of benzene rings is 1. The molecule has 0 N–H and O–H groups in total. The van der Waals surface area contributed by atoms with Crippen molar-refractivity contribution in [3.8, 4) is 16.9 Å². The van der Waals surface area contributed by atoms with Crippen molar-refractivity contribution in [3.63, 3.8) is 0 Å². The first-order chi connectivity index (χ1) is 12.8. The molecule has 3 aromatic heterocycles. The highest BCUT2D eigenvalue weighted by atomic mass is 79.9. The summed E-state index contributed by atoms with van der Waals surface area (Å²) in [5, 5.41) is 4.32. The number of alkyl halides is 3. The number of nitrogens with zero attached hydrogens (tertiary/aromatic N) is 4. The Morgan fingerprint density at radius 2 is 1.81 bits per heavy atom. The third kappa shape index (κ3) is 3.21. The van der Waals surface area contributed by atoms with Crippen molar-refractivity contribution in [3.05, 3.63) is 70.6 Å². The van der Waals surface area contributed by atoms with E-state index in [9.17, 15) is 13.2 Å². The average Bonchev–Trinajstić information content (AvgIpc) is 2.98. The van der Waals surface area contributed by atoms with E-state index in [-0.39, 0.29) is 22.4 Å². The van der Waals surface area contributed by atoms with Gasteiger partial charge < -0.3 is 0 Å². The van der Waals surface area contributed by atoms with Crippen LogP contribution in [0.5, 0.6) is 0 Å². The molecule has 0 radical (unpaired) electrons. The van der Waals surface area contributed by atoms with Gasteiger partial charge >= 0.3 is 6.18 Å². The zero-order valence-corrected chi connectivity index (χ0v) is 15.6. The molecule has 0 saturated heterocycles. The maximum absolute atomic E-state index is 13.8. The topological polar surface area (TPSA) is 43.6 Å². The highest BCUT2D eigenvalue weighted by molar-refractivity contribution is 9.10. The third-order valence-electron chi connectivity index (χ3n) is 4.15. The van der Waals surface area contributed by atoms with Crippen LogP contribution in [-0.4, -0.2) is 19.7 Å². The maximum atomic E-state index is 13.8. The molecule has 0 atom stereocenters. The second kappa shape index (κ2) is 6.45. The van der Waals surface area contributed by atoms with Crippen LogP contribution in [-0.2, 0) is 6.18 Å². The largest absolute Gasteiger partial charge is 0.417 e. The van der Waals surface area contributed by atoms with Gasteiger partial charge in [-0.15, -0.1) is 0 Å². The summed E-state index contributed by atoms with van der Waals surface area (Å²) in [5.41, 5.74) is 0.994. The quantitative estimate of drug-likeness (QED) is 0.415. The Hall–Kier alpha value is -2.74. The number of hydrogen-bond donors (Lipinski definition) is 0. The molecule has 4 aromatic rings. The first kappa shape index (κ1) is 17.7. The fraction of sp³-hybridized carbons (Fsp3) is 0.105. The summed E-state index contributed by atoms with van der Waals surface area (Å²) >= 11 is 3.35. The molecule has 0 bridgehead atoms. The van der Waals surface area contributed by atoms with Crippen LogP contribution in [0, 0.1) is 6.92 Å². The molecular formula is C19H12BrF3N4. The van der Waals surface area contributed by atoms with Gasteiger partial charge in [-0.25, -0.2) is 9.67 Å². The second-order valence-electron chi connectivity index (χ2n) is 5.97. The van der Waals surface area contributed by atoms with E-state index in [1.165, 1.54) is 10.9 Å². The van der Waals surface area contributed by atoms with Gasteiger partial charge in [-0.3, -0.25) is 4.98 Å². The lowest BCUT2D eigenvalue weighted by atomic mass is 10.1. The van der Waals surface area contributed by atoms with Crippen LogP contribution >= 0.6 is 15.9 Å². The smallest absolute Gasteiger partial charge is 0.264 e. The molecule has 8 heteroatoms.